The quantitative estimate of drug-likeness (QED) is 0.733. The van der Waals surface area contributed by atoms with Gasteiger partial charge in [0.2, 0.25) is 0 Å². The molecule has 110 valence electrons. The molecule has 0 radical (unpaired) electrons. The van der Waals surface area contributed by atoms with Crippen molar-refractivity contribution in [2.45, 2.75) is 0 Å². The molecular weight excluding hydrogens is 276 g/mol. The summed E-state index contributed by atoms with van der Waals surface area (Å²) in [4.78, 5) is 21.1. The average Bonchev–Trinajstić information content (AvgIpc) is 2.48. The van der Waals surface area contributed by atoms with Crippen molar-refractivity contribution in [3.05, 3.63) is 59.7 Å². The molecule has 0 heterocycles. The van der Waals surface area contributed by atoms with E-state index < -0.39 is 11.9 Å². The summed E-state index contributed by atoms with van der Waals surface area (Å²) in [5.74, 6) is -1.57. The summed E-state index contributed by atoms with van der Waals surface area (Å²) in [5.41, 5.74) is 0.368. The van der Waals surface area contributed by atoms with E-state index in [0.717, 1.165) is 0 Å². The fourth-order valence-corrected chi connectivity index (χ4v) is 1.37. The third kappa shape index (κ3) is 4.87. The van der Waals surface area contributed by atoms with Crippen LogP contribution in [0.4, 0.5) is 0 Å². The SMILES string of the molecule is COC(=O)c1ccc(O)cc1.O=C(O)c1ccccc1O. The van der Waals surface area contributed by atoms with Gasteiger partial charge < -0.3 is 20.1 Å². The van der Waals surface area contributed by atoms with Gasteiger partial charge in [-0.15, -0.1) is 0 Å². The highest BCUT2D eigenvalue weighted by atomic mass is 16.5. The van der Waals surface area contributed by atoms with Crippen molar-refractivity contribution in [2.24, 2.45) is 0 Å². The van der Waals surface area contributed by atoms with Crippen LogP contribution in [0.5, 0.6) is 11.5 Å². The number of phenols is 2. The number of aromatic carboxylic acids is 1. The Morgan fingerprint density at radius 1 is 0.952 bits per heavy atom. The number of para-hydroxylation sites is 1. The molecule has 3 N–H and O–H groups in total. The highest BCUT2D eigenvalue weighted by Gasteiger charge is 2.05. The van der Waals surface area contributed by atoms with Crippen LogP contribution < -0.4 is 0 Å². The maximum Gasteiger partial charge on any atom is 0.339 e. The van der Waals surface area contributed by atoms with Crippen molar-refractivity contribution in [3.8, 4) is 11.5 Å². The lowest BCUT2D eigenvalue weighted by molar-refractivity contribution is 0.0599. The van der Waals surface area contributed by atoms with Crippen molar-refractivity contribution < 1.29 is 29.6 Å². The van der Waals surface area contributed by atoms with Crippen LogP contribution in [-0.4, -0.2) is 34.4 Å². The normalized spacial score (nSPS) is 9.19. The van der Waals surface area contributed by atoms with Gasteiger partial charge in [-0.05, 0) is 36.4 Å². The molecule has 0 unspecified atom stereocenters. The van der Waals surface area contributed by atoms with Crippen LogP contribution in [-0.2, 0) is 4.74 Å². The first-order valence-electron chi connectivity index (χ1n) is 5.84. The summed E-state index contributed by atoms with van der Waals surface area (Å²) in [5, 5.41) is 26.2. The third-order valence-corrected chi connectivity index (χ3v) is 2.42. The maximum atomic E-state index is 10.8. The lowest BCUT2D eigenvalue weighted by Gasteiger charge is -1.97. The Labute approximate surface area is 120 Å². The molecule has 0 amide bonds. The van der Waals surface area contributed by atoms with Crippen LogP contribution in [0.2, 0.25) is 0 Å². The molecule has 2 rings (SSSR count). The van der Waals surface area contributed by atoms with Crippen molar-refractivity contribution in [1.82, 2.24) is 0 Å². The second-order valence-electron chi connectivity index (χ2n) is 3.86. The van der Waals surface area contributed by atoms with Gasteiger partial charge in [0.05, 0.1) is 12.7 Å². The topological polar surface area (TPSA) is 104 Å². The van der Waals surface area contributed by atoms with E-state index in [1.165, 1.54) is 43.5 Å². The van der Waals surface area contributed by atoms with E-state index in [1.54, 1.807) is 12.1 Å². The average molecular weight is 290 g/mol. The molecular formula is C15H14O6. The predicted octanol–water partition coefficient (Wildman–Crippen LogP) is 2.27. The molecule has 0 aliphatic carbocycles. The number of ether oxygens (including phenoxy) is 1. The molecule has 0 aliphatic rings. The minimum atomic E-state index is -1.11. The van der Waals surface area contributed by atoms with E-state index in [4.69, 9.17) is 15.3 Å². The minimum absolute atomic E-state index is 0.0671. The number of hydrogen-bond acceptors (Lipinski definition) is 5. The molecule has 0 saturated carbocycles. The van der Waals surface area contributed by atoms with Gasteiger partial charge >= 0.3 is 11.9 Å². The number of esters is 1. The van der Waals surface area contributed by atoms with E-state index >= 15 is 0 Å². The summed E-state index contributed by atoms with van der Waals surface area (Å²) < 4.78 is 4.46. The summed E-state index contributed by atoms with van der Waals surface area (Å²) >= 11 is 0. The second kappa shape index (κ2) is 7.54. The van der Waals surface area contributed by atoms with E-state index in [1.807, 2.05) is 0 Å². The second-order valence-corrected chi connectivity index (χ2v) is 3.86. The fourth-order valence-electron chi connectivity index (χ4n) is 1.37. The zero-order chi connectivity index (χ0) is 15.8. The Bertz CT molecular complexity index is 618. The summed E-state index contributed by atoms with van der Waals surface area (Å²) in [6, 6.07) is 11.7. The lowest BCUT2D eigenvalue weighted by atomic mass is 10.2. The van der Waals surface area contributed by atoms with Crippen LogP contribution >= 0.6 is 0 Å². The zero-order valence-corrected chi connectivity index (χ0v) is 11.2. The van der Waals surface area contributed by atoms with E-state index in [-0.39, 0.29) is 17.1 Å². The molecule has 0 bridgehead atoms. The number of carbonyl (C=O) groups is 2. The Morgan fingerprint density at radius 3 is 1.95 bits per heavy atom. The molecule has 0 spiro atoms. The van der Waals surface area contributed by atoms with Gasteiger partial charge in [0.15, 0.2) is 0 Å². The third-order valence-electron chi connectivity index (χ3n) is 2.42. The molecule has 0 aliphatic heterocycles. The Balaban J connectivity index is 0.000000211. The molecule has 6 nitrogen and oxygen atoms in total. The van der Waals surface area contributed by atoms with E-state index in [0.29, 0.717) is 5.56 Å². The van der Waals surface area contributed by atoms with Crippen molar-refractivity contribution in [3.63, 3.8) is 0 Å². The summed E-state index contributed by atoms with van der Waals surface area (Å²) in [7, 11) is 1.31. The molecule has 6 heteroatoms. The first-order valence-corrected chi connectivity index (χ1v) is 5.84. The minimum Gasteiger partial charge on any atom is -0.508 e. The largest absolute Gasteiger partial charge is 0.508 e. The van der Waals surface area contributed by atoms with Gasteiger partial charge in [-0.1, -0.05) is 12.1 Å². The smallest absolute Gasteiger partial charge is 0.339 e. The number of rotatable bonds is 2. The number of carboxylic acids is 1. The van der Waals surface area contributed by atoms with Gasteiger partial charge in [0.1, 0.15) is 17.1 Å². The maximum absolute atomic E-state index is 10.8. The number of hydrogen-bond donors (Lipinski definition) is 3. The Hall–Kier alpha value is -3.02. The number of methoxy groups -OCH3 is 1. The number of phenolic OH excluding ortho intramolecular Hbond substituents is 1. The Kier molecular flexibility index (Phi) is 5.76. The number of aromatic hydroxyl groups is 2. The first-order chi connectivity index (χ1) is 9.95. The zero-order valence-electron chi connectivity index (χ0n) is 11.2. The highest BCUT2D eigenvalue weighted by molar-refractivity contribution is 5.90. The number of carbonyl (C=O) groups excluding carboxylic acids is 1. The molecule has 2 aromatic carbocycles. The fraction of sp³-hybridized carbons (Fsp3) is 0.0667. The standard InChI is InChI=1S/C8H8O3.C7H6O3/c1-11-8(10)6-2-4-7(9)5-3-6;8-6-4-2-1-3-5(6)7(9)10/h2-5,9H,1H3;1-4,8H,(H,9,10). The summed E-state index contributed by atoms with van der Waals surface area (Å²) in [6.45, 7) is 0. The monoisotopic (exact) mass is 290 g/mol. The predicted molar refractivity (Wildman–Crippen MR) is 74.5 cm³/mol. The van der Waals surface area contributed by atoms with Crippen molar-refractivity contribution >= 4 is 11.9 Å². The van der Waals surface area contributed by atoms with Gasteiger partial charge in [-0.3, -0.25) is 0 Å². The summed E-state index contributed by atoms with van der Waals surface area (Å²) in [6.07, 6.45) is 0. The molecule has 0 fully saturated rings. The van der Waals surface area contributed by atoms with E-state index in [9.17, 15) is 9.59 Å². The van der Waals surface area contributed by atoms with Crippen LogP contribution in [0.1, 0.15) is 20.7 Å². The number of carboxylic acid groups (broad SMARTS) is 1. The molecule has 2 aromatic rings. The molecule has 0 saturated heterocycles. The molecule has 0 aromatic heterocycles. The molecule has 0 atom stereocenters. The Morgan fingerprint density at radius 2 is 1.52 bits per heavy atom. The van der Waals surface area contributed by atoms with E-state index in [2.05, 4.69) is 4.74 Å². The van der Waals surface area contributed by atoms with Gasteiger partial charge in [-0.2, -0.15) is 0 Å². The number of benzene rings is 2. The first kappa shape index (κ1) is 16.0. The van der Waals surface area contributed by atoms with Crippen LogP contribution in [0, 0.1) is 0 Å². The van der Waals surface area contributed by atoms with Gasteiger partial charge in [-0.25, -0.2) is 9.59 Å². The van der Waals surface area contributed by atoms with Crippen molar-refractivity contribution in [1.29, 1.82) is 0 Å². The van der Waals surface area contributed by atoms with Crippen LogP contribution in [0.15, 0.2) is 48.5 Å². The van der Waals surface area contributed by atoms with Gasteiger partial charge in [0, 0.05) is 0 Å². The van der Waals surface area contributed by atoms with Crippen molar-refractivity contribution in [2.75, 3.05) is 7.11 Å². The molecule has 21 heavy (non-hydrogen) atoms. The lowest BCUT2D eigenvalue weighted by Crippen LogP contribution is -1.99. The van der Waals surface area contributed by atoms with Crippen LogP contribution in [0.3, 0.4) is 0 Å². The van der Waals surface area contributed by atoms with Gasteiger partial charge in [0.25, 0.3) is 0 Å². The highest BCUT2D eigenvalue weighted by Crippen LogP contribution is 2.14. The van der Waals surface area contributed by atoms with Crippen LogP contribution in [0.25, 0.3) is 0 Å².